The molecule has 0 spiro atoms. The Balaban J connectivity index is 1.51. The molecule has 1 aromatic heterocycles. The number of rotatable bonds is 8. The van der Waals surface area contributed by atoms with Gasteiger partial charge in [0.05, 0.1) is 25.5 Å². The summed E-state index contributed by atoms with van der Waals surface area (Å²) in [5, 5.41) is 9.94. The highest BCUT2D eigenvalue weighted by molar-refractivity contribution is 6.35. The van der Waals surface area contributed by atoms with E-state index in [1.54, 1.807) is 10.7 Å². The number of hydrogen-bond acceptors (Lipinski definition) is 4. The number of hydrogen-bond donors (Lipinski definition) is 1. The third-order valence-corrected chi connectivity index (χ3v) is 5.76. The zero-order valence-corrected chi connectivity index (χ0v) is 17.7. The Kier molecular flexibility index (Phi) is 7.82. The van der Waals surface area contributed by atoms with Crippen molar-refractivity contribution in [2.75, 3.05) is 39.4 Å². The summed E-state index contributed by atoms with van der Waals surface area (Å²) in [5.41, 5.74) is 2.91. The van der Waals surface area contributed by atoms with Gasteiger partial charge in [-0.25, -0.2) is 4.68 Å². The van der Waals surface area contributed by atoms with Gasteiger partial charge in [-0.15, -0.1) is 0 Å². The fourth-order valence-corrected chi connectivity index (χ4v) is 3.94. The van der Waals surface area contributed by atoms with E-state index in [9.17, 15) is 0 Å². The highest BCUT2D eigenvalue weighted by atomic mass is 35.5. The summed E-state index contributed by atoms with van der Waals surface area (Å²) in [6, 6.07) is 5.46. The van der Waals surface area contributed by atoms with Crippen LogP contribution in [0.5, 0.6) is 0 Å². The van der Waals surface area contributed by atoms with Gasteiger partial charge < -0.3 is 10.1 Å². The molecule has 1 aromatic carbocycles. The number of halogens is 3. The maximum Gasteiger partial charge on any atom is 0.132 e. The molecular weight excluding hydrogens is 407 g/mol. The third kappa shape index (κ3) is 5.83. The van der Waals surface area contributed by atoms with Crippen molar-refractivity contribution in [1.29, 1.82) is 0 Å². The van der Waals surface area contributed by atoms with Crippen molar-refractivity contribution < 1.29 is 4.74 Å². The summed E-state index contributed by atoms with van der Waals surface area (Å²) in [6.07, 6.45) is 1.10. The van der Waals surface area contributed by atoms with Crippen LogP contribution in [0.1, 0.15) is 23.2 Å². The molecule has 27 heavy (non-hydrogen) atoms. The van der Waals surface area contributed by atoms with Crippen molar-refractivity contribution in [2.45, 2.75) is 26.4 Å². The van der Waals surface area contributed by atoms with Crippen LogP contribution < -0.4 is 5.32 Å². The number of aryl methyl sites for hydroxylation is 1. The topological polar surface area (TPSA) is 42.3 Å². The van der Waals surface area contributed by atoms with Gasteiger partial charge >= 0.3 is 0 Å². The number of benzene rings is 1. The van der Waals surface area contributed by atoms with E-state index in [1.165, 1.54) is 0 Å². The molecule has 0 radical (unpaired) electrons. The summed E-state index contributed by atoms with van der Waals surface area (Å²) >= 11 is 18.8. The second-order valence-corrected chi connectivity index (χ2v) is 7.93. The van der Waals surface area contributed by atoms with E-state index < -0.39 is 0 Å². The molecule has 1 aliphatic rings. The monoisotopic (exact) mass is 430 g/mol. The smallest absolute Gasteiger partial charge is 0.132 e. The van der Waals surface area contributed by atoms with Crippen LogP contribution in [0.15, 0.2) is 18.2 Å². The number of morpholine rings is 1. The van der Waals surface area contributed by atoms with Gasteiger partial charge in [0.25, 0.3) is 0 Å². The Morgan fingerprint density at radius 3 is 2.70 bits per heavy atom. The van der Waals surface area contributed by atoms with Crippen LogP contribution >= 0.6 is 34.8 Å². The molecule has 0 unspecified atom stereocenters. The van der Waals surface area contributed by atoms with Crippen LogP contribution in [0.2, 0.25) is 15.2 Å². The van der Waals surface area contributed by atoms with Crippen LogP contribution in [-0.2, 0) is 17.8 Å². The predicted molar refractivity (Wildman–Crippen MR) is 111 cm³/mol. The van der Waals surface area contributed by atoms with Crippen molar-refractivity contribution in [3.8, 4) is 0 Å². The lowest BCUT2D eigenvalue weighted by Crippen LogP contribution is -2.37. The van der Waals surface area contributed by atoms with Crippen molar-refractivity contribution in [1.82, 2.24) is 20.0 Å². The molecule has 8 heteroatoms. The van der Waals surface area contributed by atoms with Gasteiger partial charge in [0, 0.05) is 35.2 Å². The molecule has 0 atom stereocenters. The molecule has 1 saturated heterocycles. The molecule has 0 saturated carbocycles. The van der Waals surface area contributed by atoms with Gasteiger partial charge in [-0.3, -0.25) is 4.90 Å². The molecule has 0 aliphatic carbocycles. The van der Waals surface area contributed by atoms with Gasteiger partial charge in [-0.1, -0.05) is 40.9 Å². The fourth-order valence-electron chi connectivity index (χ4n) is 3.17. The van der Waals surface area contributed by atoms with Crippen LogP contribution in [0, 0.1) is 6.92 Å². The summed E-state index contributed by atoms with van der Waals surface area (Å²) < 4.78 is 7.16. The van der Waals surface area contributed by atoms with E-state index in [1.807, 2.05) is 19.1 Å². The first-order chi connectivity index (χ1) is 13.0. The molecule has 0 amide bonds. The highest BCUT2D eigenvalue weighted by Gasteiger charge is 2.15. The number of ether oxygens (including phenoxy) is 1. The minimum absolute atomic E-state index is 0.521. The molecule has 3 rings (SSSR count). The first-order valence-electron chi connectivity index (χ1n) is 9.21. The summed E-state index contributed by atoms with van der Waals surface area (Å²) in [6.45, 7) is 9.01. The summed E-state index contributed by atoms with van der Waals surface area (Å²) in [5.74, 6) is 0. The van der Waals surface area contributed by atoms with E-state index in [0.717, 1.165) is 62.6 Å². The minimum Gasteiger partial charge on any atom is -0.379 e. The predicted octanol–water partition coefficient (Wildman–Crippen LogP) is 4.01. The average Bonchev–Trinajstić information content (AvgIpc) is 2.92. The van der Waals surface area contributed by atoms with Crippen molar-refractivity contribution in [3.05, 3.63) is 50.2 Å². The van der Waals surface area contributed by atoms with Gasteiger partial charge in [0.1, 0.15) is 5.15 Å². The van der Waals surface area contributed by atoms with Gasteiger partial charge in [-0.2, -0.15) is 5.10 Å². The van der Waals surface area contributed by atoms with Gasteiger partial charge in [0.2, 0.25) is 0 Å². The number of nitrogens with zero attached hydrogens (tertiary/aromatic N) is 3. The second kappa shape index (κ2) is 10.1. The summed E-state index contributed by atoms with van der Waals surface area (Å²) in [4.78, 5) is 2.44. The Hall–Kier alpha value is -0.820. The van der Waals surface area contributed by atoms with E-state index in [0.29, 0.717) is 28.3 Å². The molecule has 2 heterocycles. The largest absolute Gasteiger partial charge is 0.379 e. The quantitative estimate of drug-likeness (QED) is 0.641. The normalized spacial score (nSPS) is 15.4. The molecule has 0 bridgehead atoms. The Morgan fingerprint density at radius 2 is 1.96 bits per heavy atom. The Labute approximate surface area is 175 Å². The van der Waals surface area contributed by atoms with Crippen LogP contribution in [0.25, 0.3) is 0 Å². The first kappa shape index (κ1) is 20.9. The van der Waals surface area contributed by atoms with Gasteiger partial charge in [-0.05, 0) is 44.1 Å². The number of nitrogens with one attached hydrogen (secondary N) is 1. The van der Waals surface area contributed by atoms with Gasteiger partial charge in [0.15, 0.2) is 0 Å². The van der Waals surface area contributed by atoms with E-state index in [2.05, 4.69) is 15.3 Å². The number of aromatic nitrogens is 2. The lowest BCUT2D eigenvalue weighted by atomic mass is 10.2. The molecule has 2 aromatic rings. The van der Waals surface area contributed by atoms with Crippen LogP contribution in [-0.4, -0.2) is 54.1 Å². The lowest BCUT2D eigenvalue weighted by molar-refractivity contribution is 0.0374. The lowest BCUT2D eigenvalue weighted by Gasteiger charge is -2.26. The Bertz CT molecular complexity index is 760. The molecular formula is C19H25Cl3N4O. The molecule has 1 N–H and O–H groups in total. The summed E-state index contributed by atoms with van der Waals surface area (Å²) in [7, 11) is 0. The minimum atomic E-state index is 0.521. The zero-order chi connectivity index (χ0) is 19.2. The van der Waals surface area contributed by atoms with Crippen molar-refractivity contribution in [3.63, 3.8) is 0 Å². The fraction of sp³-hybridized carbons (Fsp3) is 0.526. The molecule has 5 nitrogen and oxygen atoms in total. The standard InChI is InChI=1S/C19H25Cl3N4O/c1-14-17(12-23-5-2-6-25-7-9-27-10-8-25)19(22)26(24-14)13-15-3-4-16(20)11-18(15)21/h3-4,11,23H,2,5-10,12-13H2,1H3. The van der Waals surface area contributed by atoms with Crippen LogP contribution in [0.4, 0.5) is 0 Å². The zero-order valence-electron chi connectivity index (χ0n) is 15.5. The van der Waals surface area contributed by atoms with Crippen molar-refractivity contribution in [2.24, 2.45) is 0 Å². The molecule has 1 fully saturated rings. The Morgan fingerprint density at radius 1 is 1.19 bits per heavy atom. The molecule has 1 aliphatic heterocycles. The highest BCUT2D eigenvalue weighted by Crippen LogP contribution is 2.25. The SMILES string of the molecule is Cc1nn(Cc2ccc(Cl)cc2Cl)c(Cl)c1CNCCCN1CCOCC1. The van der Waals surface area contributed by atoms with E-state index >= 15 is 0 Å². The third-order valence-electron chi connectivity index (χ3n) is 4.75. The van der Waals surface area contributed by atoms with E-state index in [-0.39, 0.29) is 0 Å². The maximum atomic E-state index is 6.57. The maximum absolute atomic E-state index is 6.57. The molecule has 148 valence electrons. The second-order valence-electron chi connectivity index (χ2n) is 6.73. The van der Waals surface area contributed by atoms with Crippen molar-refractivity contribution >= 4 is 34.8 Å². The van der Waals surface area contributed by atoms with Crippen LogP contribution in [0.3, 0.4) is 0 Å². The average molecular weight is 432 g/mol. The first-order valence-corrected chi connectivity index (χ1v) is 10.3. The van der Waals surface area contributed by atoms with E-state index in [4.69, 9.17) is 39.5 Å².